The molecule has 3 atom stereocenters. The molecule has 1 saturated heterocycles. The van der Waals surface area contributed by atoms with Crippen molar-refractivity contribution in [2.75, 3.05) is 26.2 Å². The summed E-state index contributed by atoms with van der Waals surface area (Å²) in [6, 6.07) is -0.141. The van der Waals surface area contributed by atoms with Gasteiger partial charge in [-0.3, -0.25) is 14.5 Å². The SMILES string of the molecule is CCN(CC(=O)N1CC(C)OC(C)C1)C(C)CC(=O)O. The Hall–Kier alpha value is -1.14. The molecular formula is C14H26N2O4. The average molecular weight is 286 g/mol. The summed E-state index contributed by atoms with van der Waals surface area (Å²) in [5.74, 6) is -0.789. The Labute approximate surface area is 120 Å². The van der Waals surface area contributed by atoms with Crippen LogP contribution in [-0.2, 0) is 14.3 Å². The number of ether oxygens (including phenoxy) is 1. The van der Waals surface area contributed by atoms with Crippen molar-refractivity contribution >= 4 is 11.9 Å². The van der Waals surface area contributed by atoms with E-state index in [1.54, 1.807) is 0 Å². The van der Waals surface area contributed by atoms with Crippen molar-refractivity contribution in [3.05, 3.63) is 0 Å². The molecule has 1 heterocycles. The lowest BCUT2D eigenvalue weighted by atomic mass is 10.2. The number of rotatable bonds is 6. The van der Waals surface area contributed by atoms with Gasteiger partial charge in [-0.05, 0) is 27.3 Å². The van der Waals surface area contributed by atoms with E-state index in [2.05, 4.69) is 0 Å². The third kappa shape index (κ3) is 5.09. The summed E-state index contributed by atoms with van der Waals surface area (Å²) in [7, 11) is 0. The molecule has 20 heavy (non-hydrogen) atoms. The summed E-state index contributed by atoms with van der Waals surface area (Å²) in [5, 5.41) is 8.84. The monoisotopic (exact) mass is 286 g/mol. The number of carboxylic acid groups (broad SMARTS) is 1. The molecule has 1 aliphatic heterocycles. The van der Waals surface area contributed by atoms with Gasteiger partial charge in [-0.15, -0.1) is 0 Å². The molecule has 0 aromatic rings. The smallest absolute Gasteiger partial charge is 0.304 e. The Morgan fingerprint density at radius 3 is 2.35 bits per heavy atom. The van der Waals surface area contributed by atoms with E-state index in [-0.39, 0.29) is 37.1 Å². The predicted molar refractivity (Wildman–Crippen MR) is 75.6 cm³/mol. The number of nitrogens with zero attached hydrogens (tertiary/aromatic N) is 2. The average Bonchev–Trinajstić information content (AvgIpc) is 2.33. The van der Waals surface area contributed by atoms with Gasteiger partial charge in [0.15, 0.2) is 0 Å². The maximum atomic E-state index is 12.3. The first kappa shape index (κ1) is 16.9. The topological polar surface area (TPSA) is 70.1 Å². The molecule has 116 valence electrons. The fourth-order valence-corrected chi connectivity index (χ4v) is 2.62. The standard InChI is InChI=1S/C14H26N2O4/c1-5-15(10(2)6-14(18)19)9-13(17)16-7-11(3)20-12(4)8-16/h10-12H,5-9H2,1-4H3,(H,18,19). The fraction of sp³-hybridized carbons (Fsp3) is 0.857. The molecule has 6 heteroatoms. The Balaban J connectivity index is 2.56. The van der Waals surface area contributed by atoms with Crippen molar-refractivity contribution in [2.24, 2.45) is 0 Å². The second-order valence-electron chi connectivity index (χ2n) is 5.57. The molecule has 1 aliphatic rings. The van der Waals surface area contributed by atoms with Crippen LogP contribution >= 0.6 is 0 Å². The maximum absolute atomic E-state index is 12.3. The second-order valence-corrected chi connectivity index (χ2v) is 5.57. The van der Waals surface area contributed by atoms with E-state index in [1.165, 1.54) is 0 Å². The molecule has 3 unspecified atom stereocenters. The van der Waals surface area contributed by atoms with Crippen LogP contribution in [0.15, 0.2) is 0 Å². The van der Waals surface area contributed by atoms with Gasteiger partial charge in [0.2, 0.25) is 5.91 Å². The molecule has 6 nitrogen and oxygen atoms in total. The Bertz CT molecular complexity index is 338. The zero-order chi connectivity index (χ0) is 15.3. The number of morpholine rings is 1. The molecule has 0 bridgehead atoms. The minimum atomic E-state index is -0.836. The molecule has 0 aliphatic carbocycles. The van der Waals surface area contributed by atoms with E-state index in [1.807, 2.05) is 37.5 Å². The Morgan fingerprint density at radius 1 is 1.35 bits per heavy atom. The molecule has 0 aromatic carbocycles. The lowest BCUT2D eigenvalue weighted by Gasteiger charge is -2.37. The van der Waals surface area contributed by atoms with Gasteiger partial charge in [0.1, 0.15) is 0 Å². The van der Waals surface area contributed by atoms with Crippen LogP contribution in [0.4, 0.5) is 0 Å². The Kier molecular flexibility index (Phi) is 6.42. The third-order valence-electron chi connectivity index (χ3n) is 3.61. The lowest BCUT2D eigenvalue weighted by molar-refractivity contribution is -0.146. The van der Waals surface area contributed by atoms with Crippen molar-refractivity contribution in [3.8, 4) is 0 Å². The number of hydrogen-bond donors (Lipinski definition) is 1. The first-order valence-electron chi connectivity index (χ1n) is 7.22. The molecule has 0 aromatic heterocycles. The van der Waals surface area contributed by atoms with Crippen LogP contribution in [-0.4, -0.2) is 71.2 Å². The highest BCUT2D eigenvalue weighted by atomic mass is 16.5. The molecule has 1 N–H and O–H groups in total. The van der Waals surface area contributed by atoms with Gasteiger partial charge in [0.25, 0.3) is 0 Å². The summed E-state index contributed by atoms with van der Waals surface area (Å²) >= 11 is 0. The van der Waals surface area contributed by atoms with Crippen LogP contribution in [0.2, 0.25) is 0 Å². The van der Waals surface area contributed by atoms with Gasteiger partial charge in [-0.1, -0.05) is 6.92 Å². The maximum Gasteiger partial charge on any atom is 0.304 e. The van der Waals surface area contributed by atoms with Gasteiger partial charge in [-0.2, -0.15) is 0 Å². The van der Waals surface area contributed by atoms with Gasteiger partial charge in [0, 0.05) is 19.1 Å². The second kappa shape index (κ2) is 7.59. The fourth-order valence-electron chi connectivity index (χ4n) is 2.62. The molecule has 0 radical (unpaired) electrons. The highest BCUT2D eigenvalue weighted by Crippen LogP contribution is 2.12. The highest BCUT2D eigenvalue weighted by molar-refractivity contribution is 5.78. The van der Waals surface area contributed by atoms with Crippen LogP contribution < -0.4 is 0 Å². The van der Waals surface area contributed by atoms with E-state index in [0.717, 1.165) is 0 Å². The molecule has 0 spiro atoms. The number of likely N-dealkylation sites (N-methyl/N-ethyl adjacent to an activating group) is 1. The van der Waals surface area contributed by atoms with E-state index >= 15 is 0 Å². The van der Waals surface area contributed by atoms with Crippen LogP contribution in [0.5, 0.6) is 0 Å². The zero-order valence-electron chi connectivity index (χ0n) is 12.8. The van der Waals surface area contributed by atoms with E-state index in [4.69, 9.17) is 9.84 Å². The summed E-state index contributed by atoms with van der Waals surface area (Å²) in [4.78, 5) is 26.8. The minimum Gasteiger partial charge on any atom is -0.481 e. The summed E-state index contributed by atoms with van der Waals surface area (Å²) < 4.78 is 5.61. The normalized spacial score (nSPS) is 24.8. The van der Waals surface area contributed by atoms with Gasteiger partial charge in [0.05, 0.1) is 25.2 Å². The van der Waals surface area contributed by atoms with E-state index < -0.39 is 5.97 Å². The predicted octanol–water partition coefficient (Wildman–Crippen LogP) is 0.807. The van der Waals surface area contributed by atoms with Gasteiger partial charge < -0.3 is 14.7 Å². The molecule has 1 fully saturated rings. The van der Waals surface area contributed by atoms with Crippen LogP contribution in [0, 0.1) is 0 Å². The van der Waals surface area contributed by atoms with Crippen molar-refractivity contribution in [2.45, 2.75) is 52.4 Å². The van der Waals surface area contributed by atoms with Crippen LogP contribution in [0.3, 0.4) is 0 Å². The minimum absolute atomic E-state index is 0.0473. The molecule has 1 amide bonds. The number of amides is 1. The number of aliphatic carboxylic acids is 1. The highest BCUT2D eigenvalue weighted by Gasteiger charge is 2.27. The number of carboxylic acids is 1. The third-order valence-corrected chi connectivity index (χ3v) is 3.61. The quantitative estimate of drug-likeness (QED) is 0.782. The molecule has 0 saturated carbocycles. The first-order valence-corrected chi connectivity index (χ1v) is 7.22. The van der Waals surface area contributed by atoms with E-state index in [9.17, 15) is 9.59 Å². The summed E-state index contributed by atoms with van der Waals surface area (Å²) in [6.45, 7) is 9.84. The van der Waals surface area contributed by atoms with E-state index in [0.29, 0.717) is 19.6 Å². The van der Waals surface area contributed by atoms with Crippen LogP contribution in [0.25, 0.3) is 0 Å². The number of hydrogen-bond acceptors (Lipinski definition) is 4. The summed E-state index contributed by atoms with van der Waals surface area (Å²) in [6.07, 6.45) is 0.153. The van der Waals surface area contributed by atoms with Gasteiger partial charge in [-0.25, -0.2) is 0 Å². The lowest BCUT2D eigenvalue weighted by Crippen LogP contribution is -2.52. The van der Waals surface area contributed by atoms with Crippen molar-refractivity contribution in [1.82, 2.24) is 9.80 Å². The molecular weight excluding hydrogens is 260 g/mol. The zero-order valence-corrected chi connectivity index (χ0v) is 12.8. The van der Waals surface area contributed by atoms with Crippen molar-refractivity contribution in [3.63, 3.8) is 0 Å². The van der Waals surface area contributed by atoms with Gasteiger partial charge >= 0.3 is 5.97 Å². The van der Waals surface area contributed by atoms with Crippen molar-refractivity contribution in [1.29, 1.82) is 0 Å². The molecule has 1 rings (SSSR count). The number of carbonyl (C=O) groups is 2. The largest absolute Gasteiger partial charge is 0.481 e. The van der Waals surface area contributed by atoms with Crippen LogP contribution in [0.1, 0.15) is 34.1 Å². The summed E-state index contributed by atoms with van der Waals surface area (Å²) in [5.41, 5.74) is 0. The number of carbonyl (C=O) groups excluding carboxylic acids is 1. The first-order chi connectivity index (χ1) is 9.33. The van der Waals surface area contributed by atoms with Crippen molar-refractivity contribution < 1.29 is 19.4 Å². The Morgan fingerprint density at radius 2 is 1.90 bits per heavy atom.